The van der Waals surface area contributed by atoms with Gasteiger partial charge in [0.15, 0.2) is 5.16 Å². The second-order valence-corrected chi connectivity index (χ2v) is 10.1. The normalized spacial score (nSPS) is 12.6. The number of nitrogens with one attached hydrogen (secondary N) is 2. The zero-order chi connectivity index (χ0) is 24.1. The lowest BCUT2D eigenvalue weighted by molar-refractivity contribution is -0.116. The van der Waals surface area contributed by atoms with Crippen molar-refractivity contribution < 1.29 is 9.59 Å². The molecular weight excluding hydrogens is 468 g/mol. The van der Waals surface area contributed by atoms with Crippen LogP contribution < -0.4 is 10.6 Å². The van der Waals surface area contributed by atoms with Gasteiger partial charge in [0.2, 0.25) is 11.8 Å². The van der Waals surface area contributed by atoms with Crippen LogP contribution in [-0.4, -0.2) is 32.3 Å². The number of thioether (sulfide) groups is 1. The molecule has 0 fully saturated rings. The first-order chi connectivity index (χ1) is 16.5. The molecular formula is C24H26N6O2S2. The molecule has 10 heteroatoms. The smallest absolute Gasteiger partial charge is 0.235 e. The molecule has 34 heavy (non-hydrogen) atoms. The Hall–Kier alpha value is -3.16. The third-order valence-electron chi connectivity index (χ3n) is 5.78. The highest BCUT2D eigenvalue weighted by Crippen LogP contribution is 2.37. The summed E-state index contributed by atoms with van der Waals surface area (Å²) in [6, 6.07) is 9.98. The molecule has 1 aliphatic carbocycles. The fourth-order valence-corrected chi connectivity index (χ4v) is 5.96. The fraction of sp³-hybridized carbons (Fsp3) is 0.375. The van der Waals surface area contributed by atoms with Gasteiger partial charge in [0.05, 0.1) is 17.7 Å². The first kappa shape index (κ1) is 24.0. The highest BCUT2D eigenvalue weighted by Gasteiger charge is 2.22. The molecule has 4 rings (SSSR count). The van der Waals surface area contributed by atoms with Crippen LogP contribution in [0.2, 0.25) is 0 Å². The number of rotatable bonds is 8. The van der Waals surface area contributed by atoms with Crippen LogP contribution in [0, 0.1) is 11.3 Å². The fourth-order valence-electron chi connectivity index (χ4n) is 3.98. The van der Waals surface area contributed by atoms with Gasteiger partial charge in [-0.25, -0.2) is 0 Å². The van der Waals surface area contributed by atoms with Gasteiger partial charge in [-0.2, -0.15) is 5.26 Å². The van der Waals surface area contributed by atoms with Crippen molar-refractivity contribution in [1.82, 2.24) is 14.8 Å². The van der Waals surface area contributed by atoms with Gasteiger partial charge in [0.1, 0.15) is 16.9 Å². The molecule has 0 radical (unpaired) electrons. The number of amides is 2. The molecule has 0 bridgehead atoms. The van der Waals surface area contributed by atoms with Crippen LogP contribution in [0.25, 0.3) is 0 Å². The molecule has 0 unspecified atom stereocenters. The number of anilines is 2. The lowest BCUT2D eigenvalue weighted by Crippen LogP contribution is -2.18. The van der Waals surface area contributed by atoms with Crippen molar-refractivity contribution in [3.05, 3.63) is 51.7 Å². The minimum Gasteiger partial charge on any atom is -0.325 e. The number of nitrogens with zero attached hydrogens (tertiary/aromatic N) is 4. The van der Waals surface area contributed by atoms with E-state index >= 15 is 0 Å². The van der Waals surface area contributed by atoms with Gasteiger partial charge in [0, 0.05) is 17.6 Å². The monoisotopic (exact) mass is 494 g/mol. The predicted molar refractivity (Wildman–Crippen MR) is 134 cm³/mol. The average Bonchev–Trinajstić information content (AvgIpc) is 3.37. The highest BCUT2D eigenvalue weighted by atomic mass is 32.2. The number of para-hydroxylation sites is 1. The maximum atomic E-state index is 12.6. The maximum absolute atomic E-state index is 12.6. The largest absolute Gasteiger partial charge is 0.325 e. The Labute approximate surface area is 206 Å². The topological polar surface area (TPSA) is 113 Å². The lowest BCUT2D eigenvalue weighted by Gasteiger charge is -2.09. The van der Waals surface area contributed by atoms with Crippen LogP contribution in [0.15, 0.2) is 29.4 Å². The van der Waals surface area contributed by atoms with E-state index in [9.17, 15) is 14.9 Å². The van der Waals surface area contributed by atoms with Gasteiger partial charge >= 0.3 is 0 Å². The summed E-state index contributed by atoms with van der Waals surface area (Å²) < 4.78 is 1.73. The second kappa shape index (κ2) is 10.8. The molecule has 0 saturated carbocycles. The van der Waals surface area contributed by atoms with Gasteiger partial charge in [-0.15, -0.1) is 21.5 Å². The average molecular weight is 495 g/mol. The van der Waals surface area contributed by atoms with Gasteiger partial charge in [-0.3, -0.25) is 9.59 Å². The molecule has 2 aromatic heterocycles. The van der Waals surface area contributed by atoms with Crippen molar-refractivity contribution in [3.63, 3.8) is 0 Å². The van der Waals surface area contributed by atoms with E-state index in [-0.39, 0.29) is 24.0 Å². The van der Waals surface area contributed by atoms with Gasteiger partial charge in [-0.05, 0) is 49.3 Å². The number of fused-ring (bicyclic) bond motifs is 1. The number of carbonyl (C=O) groups excluding carboxylic acids is 2. The minimum atomic E-state index is -0.196. The molecule has 3 aromatic rings. The standard InChI is InChI=1S/C24H26N6O2S2/c1-3-15-8-4-6-10-18(15)26-21(31)12-20-28-29-24(30(20)2)33-14-22(32)27-23-17(13-25)16-9-5-7-11-19(16)34-23/h4,6,8,10H,3,5,7,9,11-12,14H2,1-2H3,(H,26,31)(H,27,32). The molecule has 1 aliphatic rings. The molecule has 8 nitrogen and oxygen atoms in total. The van der Waals surface area contributed by atoms with Crippen molar-refractivity contribution in [3.8, 4) is 6.07 Å². The van der Waals surface area contributed by atoms with Crippen molar-refractivity contribution in [2.75, 3.05) is 16.4 Å². The maximum Gasteiger partial charge on any atom is 0.235 e. The summed E-state index contributed by atoms with van der Waals surface area (Å²) in [5, 5.41) is 24.9. The van der Waals surface area contributed by atoms with Gasteiger partial charge in [0.25, 0.3) is 0 Å². The van der Waals surface area contributed by atoms with E-state index in [0.29, 0.717) is 21.5 Å². The number of carbonyl (C=O) groups is 2. The van der Waals surface area contributed by atoms with E-state index in [1.54, 1.807) is 11.6 Å². The molecule has 2 heterocycles. The van der Waals surface area contributed by atoms with Crippen LogP contribution in [0.4, 0.5) is 10.7 Å². The number of thiophene rings is 1. The Balaban J connectivity index is 1.34. The summed E-state index contributed by atoms with van der Waals surface area (Å²) in [7, 11) is 1.78. The summed E-state index contributed by atoms with van der Waals surface area (Å²) in [6.07, 6.45) is 4.99. The molecule has 1 aromatic carbocycles. The first-order valence-corrected chi connectivity index (χ1v) is 13.0. The number of nitriles is 1. The summed E-state index contributed by atoms with van der Waals surface area (Å²) in [5.41, 5.74) is 3.58. The summed E-state index contributed by atoms with van der Waals surface area (Å²) in [6.45, 7) is 2.04. The summed E-state index contributed by atoms with van der Waals surface area (Å²) >= 11 is 2.76. The molecule has 0 aliphatic heterocycles. The van der Waals surface area contributed by atoms with Crippen molar-refractivity contribution >= 4 is 45.6 Å². The van der Waals surface area contributed by atoms with E-state index in [0.717, 1.165) is 48.9 Å². The molecule has 0 spiro atoms. The Morgan fingerprint density at radius 3 is 2.76 bits per heavy atom. The third-order valence-corrected chi connectivity index (χ3v) is 8.01. The Bertz CT molecular complexity index is 1260. The van der Waals surface area contributed by atoms with E-state index in [2.05, 4.69) is 26.9 Å². The van der Waals surface area contributed by atoms with E-state index < -0.39 is 0 Å². The van der Waals surface area contributed by atoms with E-state index in [1.807, 2.05) is 31.2 Å². The summed E-state index contributed by atoms with van der Waals surface area (Å²) in [4.78, 5) is 26.3. The molecule has 2 amide bonds. The number of aromatic nitrogens is 3. The SMILES string of the molecule is CCc1ccccc1NC(=O)Cc1nnc(SCC(=O)Nc2sc3c(c2C#N)CCCC3)n1C. The Morgan fingerprint density at radius 2 is 1.97 bits per heavy atom. The number of aryl methyl sites for hydroxylation is 2. The number of hydrogen-bond acceptors (Lipinski definition) is 7. The van der Waals surface area contributed by atoms with Gasteiger partial charge < -0.3 is 15.2 Å². The first-order valence-electron chi connectivity index (χ1n) is 11.2. The van der Waals surface area contributed by atoms with E-state index in [4.69, 9.17) is 0 Å². The Kier molecular flexibility index (Phi) is 7.65. The molecule has 0 saturated heterocycles. The zero-order valence-corrected chi connectivity index (χ0v) is 20.8. The van der Waals surface area contributed by atoms with Crippen molar-refractivity contribution in [2.24, 2.45) is 7.05 Å². The van der Waals surface area contributed by atoms with Crippen LogP contribution in [0.5, 0.6) is 0 Å². The summed E-state index contributed by atoms with van der Waals surface area (Å²) in [5.74, 6) is 0.289. The van der Waals surface area contributed by atoms with Crippen LogP contribution in [0.1, 0.15) is 47.2 Å². The van der Waals surface area contributed by atoms with Crippen LogP contribution in [0.3, 0.4) is 0 Å². The molecule has 0 atom stereocenters. The van der Waals surface area contributed by atoms with Crippen molar-refractivity contribution in [1.29, 1.82) is 5.26 Å². The molecule has 176 valence electrons. The quantitative estimate of drug-likeness (QED) is 0.456. The van der Waals surface area contributed by atoms with Gasteiger partial charge in [-0.1, -0.05) is 36.9 Å². The second-order valence-electron chi connectivity index (χ2n) is 8.06. The third kappa shape index (κ3) is 5.32. The predicted octanol–water partition coefficient (Wildman–Crippen LogP) is 4.10. The number of benzene rings is 1. The molecule has 2 N–H and O–H groups in total. The number of hydrogen-bond donors (Lipinski definition) is 2. The van der Waals surface area contributed by atoms with Crippen LogP contribution >= 0.6 is 23.1 Å². The van der Waals surface area contributed by atoms with E-state index in [1.165, 1.54) is 28.0 Å². The zero-order valence-electron chi connectivity index (χ0n) is 19.2. The van der Waals surface area contributed by atoms with Crippen LogP contribution in [-0.2, 0) is 42.3 Å². The minimum absolute atomic E-state index is 0.0839. The highest BCUT2D eigenvalue weighted by molar-refractivity contribution is 7.99. The Morgan fingerprint density at radius 1 is 1.18 bits per heavy atom. The van der Waals surface area contributed by atoms with Crippen molar-refractivity contribution in [2.45, 2.75) is 50.6 Å². The lowest BCUT2D eigenvalue weighted by atomic mass is 9.96.